The van der Waals surface area contributed by atoms with Gasteiger partial charge in [0.05, 0.1) is 18.4 Å². The monoisotopic (exact) mass is 273 g/mol. The topological polar surface area (TPSA) is 64.9 Å². The van der Waals surface area contributed by atoms with Crippen LogP contribution < -0.4 is 5.32 Å². The quantitative estimate of drug-likeness (QED) is 0.913. The highest BCUT2D eigenvalue weighted by atomic mass is 16.6. The van der Waals surface area contributed by atoms with Crippen molar-refractivity contribution < 1.29 is 14.3 Å². The number of allylic oxidation sites excluding steroid dienone is 1. The molecule has 2 aromatic heterocycles. The molecule has 2 aromatic rings. The molecule has 20 heavy (non-hydrogen) atoms. The first-order valence-electron chi connectivity index (χ1n) is 6.41. The summed E-state index contributed by atoms with van der Waals surface area (Å²) in [5, 5.41) is 2.81. The minimum Gasteiger partial charge on any atom is -0.491 e. The van der Waals surface area contributed by atoms with Crippen LogP contribution in [-0.4, -0.2) is 28.5 Å². The molecule has 3 rings (SSSR count). The van der Waals surface area contributed by atoms with Crippen LogP contribution in [0.4, 0.5) is 0 Å². The van der Waals surface area contributed by atoms with Gasteiger partial charge in [0.2, 0.25) is 5.76 Å². The number of hydrogen-bond acceptors (Lipinski definition) is 4. The Morgan fingerprint density at radius 3 is 3.10 bits per heavy atom. The molecule has 1 aliphatic rings. The van der Waals surface area contributed by atoms with Crippen LogP contribution in [0.15, 0.2) is 42.1 Å². The molecule has 6 heteroatoms. The minimum absolute atomic E-state index is 0.255. The number of rotatable bonds is 3. The number of aromatic nitrogens is 2. The number of fused-ring (bicyclic) bond motifs is 1. The van der Waals surface area contributed by atoms with Gasteiger partial charge in [-0.15, -0.1) is 0 Å². The van der Waals surface area contributed by atoms with Crippen molar-refractivity contribution in [1.82, 2.24) is 14.7 Å². The third-order valence-electron chi connectivity index (χ3n) is 3.10. The van der Waals surface area contributed by atoms with Crippen LogP contribution in [0, 0.1) is 0 Å². The van der Waals surface area contributed by atoms with Crippen LogP contribution in [0.2, 0.25) is 0 Å². The van der Waals surface area contributed by atoms with Gasteiger partial charge in [0.25, 0.3) is 5.91 Å². The Hall–Kier alpha value is -2.50. The first-order chi connectivity index (χ1) is 9.75. The van der Waals surface area contributed by atoms with E-state index >= 15 is 0 Å². The highest BCUT2D eigenvalue weighted by molar-refractivity contribution is 5.91. The molecule has 0 spiro atoms. The Morgan fingerprint density at radius 2 is 2.25 bits per heavy atom. The summed E-state index contributed by atoms with van der Waals surface area (Å²) in [5.74, 6) is 0.505. The van der Waals surface area contributed by atoms with E-state index in [-0.39, 0.29) is 11.7 Å². The second-order valence-corrected chi connectivity index (χ2v) is 4.44. The normalized spacial score (nSPS) is 14.8. The number of nitrogens with one attached hydrogen (secondary N) is 1. The summed E-state index contributed by atoms with van der Waals surface area (Å²) in [7, 11) is 0. The first kappa shape index (κ1) is 12.5. The standard InChI is InChI=1S/C14H15N3O3/c1-10-13(20-7-6-19-10)14(18)16-9-11-8-15-12-4-2-3-5-17(11)12/h2-5,8H,6-7,9H2,1H3,(H,16,18). The zero-order valence-corrected chi connectivity index (χ0v) is 11.1. The van der Waals surface area contributed by atoms with E-state index in [9.17, 15) is 4.79 Å². The molecule has 6 nitrogen and oxygen atoms in total. The Balaban J connectivity index is 1.72. The van der Waals surface area contributed by atoms with Crippen LogP contribution in [0.5, 0.6) is 0 Å². The Kier molecular flexibility index (Phi) is 3.28. The molecular formula is C14H15N3O3. The number of imidazole rings is 1. The molecule has 1 aliphatic heterocycles. The number of amides is 1. The van der Waals surface area contributed by atoms with Crippen molar-refractivity contribution in [3.8, 4) is 0 Å². The lowest BCUT2D eigenvalue weighted by molar-refractivity contribution is -0.122. The SMILES string of the molecule is CC1=C(C(=O)NCc2cnc3ccccn23)OCCO1. The van der Waals surface area contributed by atoms with Gasteiger partial charge >= 0.3 is 0 Å². The summed E-state index contributed by atoms with van der Waals surface area (Å²) in [5.41, 5.74) is 1.76. The summed E-state index contributed by atoms with van der Waals surface area (Å²) < 4.78 is 12.6. The fraction of sp³-hybridized carbons (Fsp3) is 0.286. The second-order valence-electron chi connectivity index (χ2n) is 4.44. The average Bonchev–Trinajstić information content (AvgIpc) is 2.88. The van der Waals surface area contributed by atoms with Crippen molar-refractivity contribution in [2.24, 2.45) is 0 Å². The van der Waals surface area contributed by atoms with E-state index < -0.39 is 0 Å². The van der Waals surface area contributed by atoms with Gasteiger partial charge in [-0.1, -0.05) is 6.07 Å². The fourth-order valence-electron chi connectivity index (χ4n) is 2.10. The molecular weight excluding hydrogens is 258 g/mol. The van der Waals surface area contributed by atoms with Crippen LogP contribution in [-0.2, 0) is 20.8 Å². The molecule has 0 unspecified atom stereocenters. The van der Waals surface area contributed by atoms with Crippen molar-refractivity contribution in [2.75, 3.05) is 13.2 Å². The zero-order valence-electron chi connectivity index (χ0n) is 11.1. The largest absolute Gasteiger partial charge is 0.491 e. The molecule has 104 valence electrons. The maximum atomic E-state index is 12.0. The highest BCUT2D eigenvalue weighted by Crippen LogP contribution is 2.13. The van der Waals surface area contributed by atoms with Crippen LogP contribution in [0.1, 0.15) is 12.6 Å². The lowest BCUT2D eigenvalue weighted by Gasteiger charge is -2.19. The number of ether oxygens (including phenoxy) is 2. The van der Waals surface area contributed by atoms with Gasteiger partial charge in [0, 0.05) is 6.20 Å². The summed E-state index contributed by atoms with van der Waals surface area (Å²) in [4.78, 5) is 16.3. The molecule has 0 saturated heterocycles. The van der Waals surface area contributed by atoms with Crippen LogP contribution in [0.3, 0.4) is 0 Å². The number of pyridine rings is 1. The molecule has 0 aromatic carbocycles. The maximum Gasteiger partial charge on any atom is 0.290 e. The smallest absolute Gasteiger partial charge is 0.290 e. The molecule has 0 saturated carbocycles. The van der Waals surface area contributed by atoms with Crippen LogP contribution >= 0.6 is 0 Å². The maximum absolute atomic E-state index is 12.0. The van der Waals surface area contributed by atoms with Crippen molar-refractivity contribution in [3.05, 3.63) is 47.8 Å². The van der Waals surface area contributed by atoms with E-state index in [0.717, 1.165) is 11.3 Å². The summed E-state index contributed by atoms with van der Waals surface area (Å²) >= 11 is 0. The lowest BCUT2D eigenvalue weighted by atomic mass is 10.3. The van der Waals surface area contributed by atoms with E-state index in [2.05, 4.69) is 10.3 Å². The zero-order chi connectivity index (χ0) is 13.9. The Morgan fingerprint density at radius 1 is 1.40 bits per heavy atom. The molecule has 0 radical (unpaired) electrons. The average molecular weight is 273 g/mol. The van der Waals surface area contributed by atoms with Gasteiger partial charge in [-0.2, -0.15) is 0 Å². The predicted octanol–water partition coefficient (Wildman–Crippen LogP) is 1.23. The van der Waals surface area contributed by atoms with Crippen LogP contribution in [0.25, 0.3) is 5.65 Å². The summed E-state index contributed by atoms with van der Waals surface area (Å²) in [6.45, 7) is 2.98. The Bertz CT molecular complexity index is 675. The third kappa shape index (κ3) is 2.32. The molecule has 1 amide bonds. The second kappa shape index (κ2) is 5.24. The number of carbonyl (C=O) groups excluding carboxylic acids is 1. The van der Waals surface area contributed by atoms with E-state index in [0.29, 0.717) is 25.5 Å². The van der Waals surface area contributed by atoms with E-state index in [1.807, 2.05) is 28.8 Å². The lowest BCUT2D eigenvalue weighted by Crippen LogP contribution is -2.29. The van der Waals surface area contributed by atoms with E-state index in [1.165, 1.54) is 0 Å². The number of hydrogen-bond donors (Lipinski definition) is 1. The van der Waals surface area contributed by atoms with Crippen molar-refractivity contribution in [3.63, 3.8) is 0 Å². The van der Waals surface area contributed by atoms with E-state index in [4.69, 9.17) is 9.47 Å². The summed E-state index contributed by atoms with van der Waals surface area (Å²) in [6.07, 6.45) is 3.66. The highest BCUT2D eigenvalue weighted by Gasteiger charge is 2.19. The van der Waals surface area contributed by atoms with Gasteiger partial charge in [-0.05, 0) is 19.1 Å². The molecule has 0 aliphatic carbocycles. The molecule has 3 heterocycles. The third-order valence-corrected chi connectivity index (χ3v) is 3.10. The summed E-state index contributed by atoms with van der Waals surface area (Å²) in [6, 6.07) is 5.76. The minimum atomic E-state index is -0.270. The van der Waals surface area contributed by atoms with Gasteiger partial charge < -0.3 is 19.2 Å². The van der Waals surface area contributed by atoms with Crippen molar-refractivity contribution in [1.29, 1.82) is 0 Å². The molecule has 0 atom stereocenters. The van der Waals surface area contributed by atoms with Gasteiger partial charge in [0.1, 0.15) is 24.6 Å². The number of nitrogens with zero attached hydrogens (tertiary/aromatic N) is 2. The van der Waals surface area contributed by atoms with Gasteiger partial charge in [-0.3, -0.25) is 4.79 Å². The first-order valence-corrected chi connectivity index (χ1v) is 6.41. The fourth-order valence-corrected chi connectivity index (χ4v) is 2.10. The van der Waals surface area contributed by atoms with E-state index in [1.54, 1.807) is 13.1 Å². The molecule has 0 bridgehead atoms. The molecule has 0 fully saturated rings. The Labute approximate surface area is 116 Å². The predicted molar refractivity (Wildman–Crippen MR) is 71.6 cm³/mol. The number of carbonyl (C=O) groups is 1. The van der Waals surface area contributed by atoms with Crippen molar-refractivity contribution >= 4 is 11.6 Å². The van der Waals surface area contributed by atoms with Gasteiger partial charge in [0.15, 0.2) is 0 Å². The molecule has 1 N–H and O–H groups in total. The van der Waals surface area contributed by atoms with Crippen molar-refractivity contribution in [2.45, 2.75) is 13.5 Å². The van der Waals surface area contributed by atoms with Gasteiger partial charge in [-0.25, -0.2) is 4.98 Å².